The fourth-order valence-corrected chi connectivity index (χ4v) is 2.25. The van der Waals surface area contributed by atoms with E-state index >= 15 is 0 Å². The van der Waals surface area contributed by atoms with Gasteiger partial charge in [0.2, 0.25) is 0 Å². The molecule has 1 aromatic heterocycles. The van der Waals surface area contributed by atoms with Crippen molar-refractivity contribution < 1.29 is 4.42 Å². The molecule has 2 N–H and O–H groups in total. The Morgan fingerprint density at radius 2 is 2.00 bits per heavy atom. The summed E-state index contributed by atoms with van der Waals surface area (Å²) in [7, 11) is 0. The minimum Gasteiger partial charge on any atom is -0.464 e. The molecule has 0 radical (unpaired) electrons. The van der Waals surface area contributed by atoms with Gasteiger partial charge in [0.1, 0.15) is 5.76 Å². The van der Waals surface area contributed by atoms with Crippen LogP contribution in [0, 0.1) is 5.92 Å². The van der Waals surface area contributed by atoms with Gasteiger partial charge in [-0.2, -0.15) is 0 Å². The average Bonchev–Trinajstić information content (AvgIpc) is 2.93. The van der Waals surface area contributed by atoms with E-state index in [2.05, 4.69) is 24.3 Å². The Kier molecular flexibility index (Phi) is 2.29. The van der Waals surface area contributed by atoms with Crippen LogP contribution in [-0.4, -0.2) is 6.54 Å². The molecule has 2 atom stereocenters. The molecule has 1 aliphatic rings. The molecule has 2 nitrogen and oxygen atoms in total. The smallest absolute Gasteiger partial charge is 0.133 e. The minimum absolute atomic E-state index is 0.690. The van der Waals surface area contributed by atoms with E-state index in [0.717, 1.165) is 17.9 Å². The van der Waals surface area contributed by atoms with E-state index < -0.39 is 0 Å². The molecule has 1 heterocycles. The van der Waals surface area contributed by atoms with Gasteiger partial charge in [0.25, 0.3) is 0 Å². The van der Waals surface area contributed by atoms with Crippen LogP contribution in [0.5, 0.6) is 0 Å². The number of nitrogens with two attached hydrogens (primary N) is 1. The van der Waals surface area contributed by atoms with Crippen molar-refractivity contribution in [2.45, 2.75) is 12.3 Å². The molecule has 0 amide bonds. The highest BCUT2D eigenvalue weighted by atomic mass is 16.3. The van der Waals surface area contributed by atoms with Crippen LogP contribution in [0.3, 0.4) is 0 Å². The van der Waals surface area contributed by atoms with Gasteiger partial charge < -0.3 is 10.2 Å². The van der Waals surface area contributed by atoms with Crippen molar-refractivity contribution in [2.75, 3.05) is 6.54 Å². The lowest BCUT2D eigenvalue weighted by atomic mass is 10.1. The van der Waals surface area contributed by atoms with Crippen molar-refractivity contribution in [2.24, 2.45) is 11.7 Å². The zero-order chi connectivity index (χ0) is 11.0. The normalized spacial score (nSPS) is 23.3. The Labute approximate surface area is 95.1 Å². The van der Waals surface area contributed by atoms with Crippen molar-refractivity contribution in [1.82, 2.24) is 0 Å². The highest BCUT2D eigenvalue weighted by Gasteiger charge is 2.36. The van der Waals surface area contributed by atoms with Crippen molar-refractivity contribution in [3.63, 3.8) is 0 Å². The summed E-state index contributed by atoms with van der Waals surface area (Å²) in [5, 5.41) is 0. The highest BCUT2D eigenvalue weighted by molar-refractivity contribution is 5.57. The van der Waals surface area contributed by atoms with Crippen LogP contribution in [0.4, 0.5) is 0 Å². The molecule has 3 rings (SSSR count). The fraction of sp³-hybridized carbons (Fsp3) is 0.286. The lowest BCUT2D eigenvalue weighted by Gasteiger charge is -2.01. The lowest BCUT2D eigenvalue weighted by molar-refractivity contribution is 0.582. The quantitative estimate of drug-likeness (QED) is 0.851. The Morgan fingerprint density at radius 3 is 2.56 bits per heavy atom. The molecular weight excluding hydrogens is 198 g/mol. The second-order valence-electron chi connectivity index (χ2n) is 4.44. The van der Waals surface area contributed by atoms with Crippen LogP contribution < -0.4 is 5.73 Å². The van der Waals surface area contributed by atoms with Crippen LogP contribution in [0.1, 0.15) is 17.9 Å². The second kappa shape index (κ2) is 3.80. The van der Waals surface area contributed by atoms with Crippen LogP contribution in [-0.2, 0) is 0 Å². The summed E-state index contributed by atoms with van der Waals surface area (Å²) >= 11 is 0. The van der Waals surface area contributed by atoms with Gasteiger partial charge >= 0.3 is 0 Å². The first-order chi connectivity index (χ1) is 7.88. The molecule has 0 saturated heterocycles. The first-order valence-electron chi connectivity index (χ1n) is 5.72. The maximum atomic E-state index is 5.65. The number of furan rings is 1. The van der Waals surface area contributed by atoms with E-state index in [-0.39, 0.29) is 0 Å². The highest BCUT2D eigenvalue weighted by Crippen LogP contribution is 2.46. The van der Waals surface area contributed by atoms with Crippen LogP contribution >= 0.6 is 0 Å². The van der Waals surface area contributed by atoms with Gasteiger partial charge in [-0.3, -0.25) is 0 Å². The van der Waals surface area contributed by atoms with Gasteiger partial charge in [0.05, 0.1) is 6.26 Å². The maximum absolute atomic E-state index is 5.65. The maximum Gasteiger partial charge on any atom is 0.133 e. The summed E-state index contributed by atoms with van der Waals surface area (Å²) in [5.41, 5.74) is 8.20. The summed E-state index contributed by atoms with van der Waals surface area (Å²) in [6.45, 7) is 0.810. The summed E-state index contributed by atoms with van der Waals surface area (Å²) in [4.78, 5) is 0. The number of benzene rings is 1. The SMILES string of the molecule is NC[C@@H]1C[C@H]1c1ccc(-c2ccco2)cc1. The Morgan fingerprint density at radius 1 is 1.19 bits per heavy atom. The number of hydrogen-bond acceptors (Lipinski definition) is 2. The third kappa shape index (κ3) is 1.65. The second-order valence-corrected chi connectivity index (χ2v) is 4.44. The molecule has 0 aliphatic heterocycles. The van der Waals surface area contributed by atoms with Crippen molar-refractivity contribution >= 4 is 0 Å². The molecule has 1 fully saturated rings. The van der Waals surface area contributed by atoms with Gasteiger partial charge in [-0.05, 0) is 42.5 Å². The molecule has 0 bridgehead atoms. The molecule has 2 heteroatoms. The molecule has 16 heavy (non-hydrogen) atoms. The molecule has 82 valence electrons. The van der Waals surface area contributed by atoms with E-state index in [4.69, 9.17) is 10.2 Å². The van der Waals surface area contributed by atoms with Gasteiger partial charge in [-0.15, -0.1) is 0 Å². The monoisotopic (exact) mass is 213 g/mol. The van der Waals surface area contributed by atoms with Crippen LogP contribution in [0.15, 0.2) is 47.1 Å². The van der Waals surface area contributed by atoms with E-state index in [1.54, 1.807) is 6.26 Å². The van der Waals surface area contributed by atoms with E-state index in [9.17, 15) is 0 Å². The van der Waals surface area contributed by atoms with Gasteiger partial charge in [-0.1, -0.05) is 24.3 Å². The Hall–Kier alpha value is -1.54. The molecule has 1 aliphatic carbocycles. The Balaban J connectivity index is 1.81. The van der Waals surface area contributed by atoms with Gasteiger partial charge in [0, 0.05) is 5.56 Å². The third-order valence-electron chi connectivity index (χ3n) is 3.37. The summed E-state index contributed by atoms with van der Waals surface area (Å²) in [6, 6.07) is 12.5. The predicted molar refractivity (Wildman–Crippen MR) is 64.0 cm³/mol. The standard InChI is InChI=1S/C14H15NO/c15-9-12-8-13(12)10-3-5-11(6-4-10)14-2-1-7-16-14/h1-7,12-13H,8-9,15H2/t12-,13-/m0/s1. The topological polar surface area (TPSA) is 39.2 Å². The van der Waals surface area contributed by atoms with Crippen molar-refractivity contribution in [1.29, 1.82) is 0 Å². The summed E-state index contributed by atoms with van der Waals surface area (Å²) < 4.78 is 5.36. The third-order valence-corrected chi connectivity index (χ3v) is 3.37. The largest absolute Gasteiger partial charge is 0.464 e. The van der Waals surface area contributed by atoms with E-state index in [1.807, 2.05) is 12.1 Å². The molecule has 1 aromatic carbocycles. The number of hydrogen-bond donors (Lipinski definition) is 1. The van der Waals surface area contributed by atoms with Crippen LogP contribution in [0.25, 0.3) is 11.3 Å². The van der Waals surface area contributed by atoms with Crippen LogP contribution in [0.2, 0.25) is 0 Å². The summed E-state index contributed by atoms with van der Waals surface area (Å²) in [5.74, 6) is 2.32. The predicted octanol–water partition coefficient (Wildman–Crippen LogP) is 3.01. The molecule has 2 aromatic rings. The summed E-state index contributed by atoms with van der Waals surface area (Å²) in [6.07, 6.45) is 2.95. The first-order valence-corrected chi connectivity index (χ1v) is 5.72. The lowest BCUT2D eigenvalue weighted by Crippen LogP contribution is -2.01. The molecule has 0 spiro atoms. The van der Waals surface area contributed by atoms with Gasteiger partial charge in [-0.25, -0.2) is 0 Å². The molecule has 0 unspecified atom stereocenters. The van der Waals surface area contributed by atoms with Gasteiger partial charge in [0.15, 0.2) is 0 Å². The zero-order valence-electron chi connectivity index (χ0n) is 9.10. The van der Waals surface area contributed by atoms with E-state index in [0.29, 0.717) is 11.8 Å². The van der Waals surface area contributed by atoms with E-state index in [1.165, 1.54) is 12.0 Å². The zero-order valence-corrected chi connectivity index (χ0v) is 9.10. The van der Waals surface area contributed by atoms with Crippen molar-refractivity contribution in [3.05, 3.63) is 48.2 Å². The fourth-order valence-electron chi connectivity index (χ4n) is 2.25. The average molecular weight is 213 g/mol. The molecule has 1 saturated carbocycles. The minimum atomic E-state index is 0.690. The molecular formula is C14H15NO. The number of rotatable bonds is 3. The Bertz CT molecular complexity index is 458. The van der Waals surface area contributed by atoms with Crippen molar-refractivity contribution in [3.8, 4) is 11.3 Å². The first kappa shape index (κ1) is 9.67.